The molecular formula is C21H36ClIN4O2. The summed E-state index contributed by atoms with van der Waals surface area (Å²) in [5, 5.41) is 16.9. The Kier molecular flexibility index (Phi) is 13.7. The fourth-order valence-corrected chi connectivity index (χ4v) is 3.34. The highest BCUT2D eigenvalue weighted by atomic mass is 127. The summed E-state index contributed by atoms with van der Waals surface area (Å²) in [4.78, 5) is 7.10. The van der Waals surface area contributed by atoms with E-state index in [4.69, 9.17) is 16.3 Å². The van der Waals surface area contributed by atoms with Crippen molar-refractivity contribution in [1.29, 1.82) is 0 Å². The van der Waals surface area contributed by atoms with Crippen LogP contribution < -0.4 is 15.4 Å². The molecule has 0 aliphatic carbocycles. The van der Waals surface area contributed by atoms with Gasteiger partial charge >= 0.3 is 0 Å². The second kappa shape index (κ2) is 15.1. The summed E-state index contributed by atoms with van der Waals surface area (Å²) in [7, 11) is 0. The summed E-state index contributed by atoms with van der Waals surface area (Å²) in [5.74, 6) is 1.52. The van der Waals surface area contributed by atoms with Crippen LogP contribution in [0.3, 0.4) is 0 Å². The van der Waals surface area contributed by atoms with Crippen LogP contribution >= 0.6 is 35.6 Å². The van der Waals surface area contributed by atoms with Crippen molar-refractivity contribution in [2.45, 2.75) is 51.7 Å². The molecule has 1 atom stereocenters. The highest BCUT2D eigenvalue weighted by Gasteiger charge is 2.16. The van der Waals surface area contributed by atoms with E-state index in [2.05, 4.69) is 34.4 Å². The van der Waals surface area contributed by atoms with E-state index in [9.17, 15) is 5.11 Å². The molecule has 0 radical (unpaired) electrons. The van der Waals surface area contributed by atoms with Gasteiger partial charge in [-0.3, -0.25) is 0 Å². The van der Waals surface area contributed by atoms with Gasteiger partial charge in [0.1, 0.15) is 11.9 Å². The summed E-state index contributed by atoms with van der Waals surface area (Å²) < 4.78 is 6.01. The van der Waals surface area contributed by atoms with Crippen molar-refractivity contribution in [1.82, 2.24) is 15.5 Å². The van der Waals surface area contributed by atoms with Crippen LogP contribution in [0.5, 0.6) is 5.75 Å². The molecule has 1 saturated heterocycles. The molecule has 3 N–H and O–H groups in total. The Bertz CT molecular complexity index is 598. The molecule has 6 nitrogen and oxygen atoms in total. The van der Waals surface area contributed by atoms with Gasteiger partial charge in [-0.1, -0.05) is 30.7 Å². The minimum atomic E-state index is -0.110. The molecule has 166 valence electrons. The molecular weight excluding hydrogens is 503 g/mol. The number of aliphatic hydroxyl groups excluding tert-OH is 1. The van der Waals surface area contributed by atoms with Crippen molar-refractivity contribution in [2.75, 3.05) is 39.3 Å². The van der Waals surface area contributed by atoms with Gasteiger partial charge in [-0.05, 0) is 51.3 Å². The van der Waals surface area contributed by atoms with Crippen molar-refractivity contribution >= 4 is 41.5 Å². The summed E-state index contributed by atoms with van der Waals surface area (Å²) >= 11 is 6.19. The molecule has 1 aromatic rings. The third-order valence-corrected chi connectivity index (χ3v) is 5.20. The predicted octanol–water partition coefficient (Wildman–Crippen LogP) is 3.52. The number of aliphatic imine (C=N–C) groups is 1. The summed E-state index contributed by atoms with van der Waals surface area (Å²) in [6, 6.07) is 7.54. The van der Waals surface area contributed by atoms with E-state index >= 15 is 0 Å². The number of hydrogen-bond acceptors (Lipinski definition) is 4. The van der Waals surface area contributed by atoms with Crippen LogP contribution in [0.1, 0.15) is 39.5 Å². The van der Waals surface area contributed by atoms with Crippen molar-refractivity contribution in [2.24, 2.45) is 4.99 Å². The topological polar surface area (TPSA) is 69.1 Å². The number of guanidine groups is 1. The van der Waals surface area contributed by atoms with Gasteiger partial charge in [0.15, 0.2) is 5.96 Å². The number of halogens is 2. The molecule has 2 rings (SSSR count). The first kappa shape index (κ1) is 26.3. The number of ether oxygens (including phenoxy) is 1. The van der Waals surface area contributed by atoms with E-state index in [-0.39, 0.29) is 36.2 Å². The number of benzene rings is 1. The lowest BCUT2D eigenvalue weighted by Gasteiger charge is -2.29. The highest BCUT2D eigenvalue weighted by molar-refractivity contribution is 14.0. The fourth-order valence-electron chi connectivity index (χ4n) is 3.16. The van der Waals surface area contributed by atoms with Crippen LogP contribution in [-0.2, 0) is 0 Å². The zero-order valence-corrected chi connectivity index (χ0v) is 20.7. The van der Waals surface area contributed by atoms with E-state index in [1.165, 1.54) is 0 Å². The monoisotopic (exact) mass is 538 g/mol. The minimum absolute atomic E-state index is 0. The van der Waals surface area contributed by atoms with E-state index in [1.54, 1.807) is 0 Å². The van der Waals surface area contributed by atoms with Crippen molar-refractivity contribution in [3.8, 4) is 5.75 Å². The van der Waals surface area contributed by atoms with Crippen LogP contribution in [0, 0.1) is 0 Å². The average Bonchev–Trinajstić information content (AvgIpc) is 2.70. The molecule has 29 heavy (non-hydrogen) atoms. The first-order valence-electron chi connectivity index (χ1n) is 10.5. The van der Waals surface area contributed by atoms with Crippen molar-refractivity contribution in [3.05, 3.63) is 29.3 Å². The number of rotatable bonds is 10. The van der Waals surface area contributed by atoms with Crippen LogP contribution in [0.4, 0.5) is 0 Å². The predicted molar refractivity (Wildman–Crippen MR) is 132 cm³/mol. The summed E-state index contributed by atoms with van der Waals surface area (Å²) in [6.45, 7) is 9.44. The van der Waals surface area contributed by atoms with Crippen LogP contribution in [0.25, 0.3) is 0 Å². The van der Waals surface area contributed by atoms with Gasteiger partial charge in [-0.2, -0.15) is 0 Å². The molecule has 1 aromatic carbocycles. The lowest BCUT2D eigenvalue weighted by Crippen LogP contribution is -2.41. The normalized spacial score (nSPS) is 16.8. The van der Waals surface area contributed by atoms with Crippen molar-refractivity contribution in [3.63, 3.8) is 0 Å². The molecule has 0 amide bonds. The molecule has 8 heteroatoms. The number of para-hydroxylation sites is 1. The molecule has 1 aliphatic heterocycles. The van der Waals surface area contributed by atoms with Crippen molar-refractivity contribution < 1.29 is 9.84 Å². The smallest absolute Gasteiger partial charge is 0.191 e. The van der Waals surface area contributed by atoms with E-state index in [1.807, 2.05) is 24.3 Å². The number of hydrogen-bond donors (Lipinski definition) is 3. The quantitative estimate of drug-likeness (QED) is 0.184. The van der Waals surface area contributed by atoms with Gasteiger partial charge < -0.3 is 25.4 Å². The van der Waals surface area contributed by atoms with Gasteiger partial charge in [0, 0.05) is 26.2 Å². The maximum Gasteiger partial charge on any atom is 0.191 e. The molecule has 1 fully saturated rings. The largest absolute Gasteiger partial charge is 0.487 e. The Balaban J connectivity index is 0.00000420. The van der Waals surface area contributed by atoms with Crippen LogP contribution in [0.15, 0.2) is 29.3 Å². The van der Waals surface area contributed by atoms with Gasteiger partial charge in [0.2, 0.25) is 0 Å². The number of nitrogens with zero attached hydrogens (tertiary/aromatic N) is 2. The zero-order chi connectivity index (χ0) is 20.2. The lowest BCUT2D eigenvalue weighted by molar-refractivity contribution is 0.0823. The average molecular weight is 539 g/mol. The zero-order valence-electron chi connectivity index (χ0n) is 17.6. The molecule has 0 spiro atoms. The van der Waals surface area contributed by atoms with E-state index in [0.717, 1.165) is 64.4 Å². The molecule has 1 heterocycles. The minimum Gasteiger partial charge on any atom is -0.487 e. The van der Waals surface area contributed by atoms with Gasteiger partial charge in [-0.15, -0.1) is 24.0 Å². The third-order valence-electron chi connectivity index (χ3n) is 4.88. The molecule has 1 unspecified atom stereocenters. The highest BCUT2D eigenvalue weighted by Crippen LogP contribution is 2.24. The Morgan fingerprint density at radius 1 is 1.28 bits per heavy atom. The second-order valence-corrected chi connectivity index (χ2v) is 7.56. The first-order valence-corrected chi connectivity index (χ1v) is 10.8. The maximum atomic E-state index is 9.58. The lowest BCUT2D eigenvalue weighted by atomic mass is 10.1. The summed E-state index contributed by atoms with van der Waals surface area (Å²) in [6.07, 6.45) is 3.56. The van der Waals surface area contributed by atoms with Gasteiger partial charge in [0.25, 0.3) is 0 Å². The Morgan fingerprint density at radius 3 is 2.66 bits per heavy atom. The molecule has 0 bridgehead atoms. The van der Waals surface area contributed by atoms with E-state index in [0.29, 0.717) is 17.3 Å². The Morgan fingerprint density at radius 2 is 2.00 bits per heavy atom. The third kappa shape index (κ3) is 10.2. The van der Waals surface area contributed by atoms with Crippen LogP contribution in [0.2, 0.25) is 5.02 Å². The number of likely N-dealkylation sites (tertiary alicyclic amines) is 1. The van der Waals surface area contributed by atoms with Gasteiger partial charge in [-0.25, -0.2) is 4.99 Å². The Hall–Kier alpha value is -0.770. The second-order valence-electron chi connectivity index (χ2n) is 7.15. The van der Waals surface area contributed by atoms with Gasteiger partial charge in [0.05, 0.1) is 17.7 Å². The van der Waals surface area contributed by atoms with Crippen LogP contribution in [-0.4, -0.2) is 67.4 Å². The standard InChI is InChI=1S/C21H35ClN4O2.HI/c1-3-18(28-20-9-6-5-8-19(20)22)16-25-21(23-4-2)24-12-7-13-26-14-10-17(27)11-15-26;/h5-6,8-9,17-18,27H,3-4,7,10-16H2,1-2H3,(H2,23,24,25);1H. The SMILES string of the molecule is CCNC(=NCC(CC)Oc1ccccc1Cl)NCCCN1CCC(O)CC1.I. The number of aliphatic hydroxyl groups is 1. The fraction of sp³-hybridized carbons (Fsp3) is 0.667. The molecule has 0 aromatic heterocycles. The summed E-state index contributed by atoms with van der Waals surface area (Å²) in [5.41, 5.74) is 0. The Labute approximate surface area is 197 Å². The molecule has 1 aliphatic rings. The number of nitrogens with one attached hydrogen (secondary N) is 2. The maximum absolute atomic E-state index is 9.58. The number of piperidine rings is 1. The van der Waals surface area contributed by atoms with E-state index < -0.39 is 0 Å². The molecule has 0 saturated carbocycles. The first-order chi connectivity index (χ1) is 13.6.